The zero-order valence-electron chi connectivity index (χ0n) is 8.67. The van der Waals surface area contributed by atoms with E-state index in [0.29, 0.717) is 17.7 Å². The Kier molecular flexibility index (Phi) is 1.47. The van der Waals surface area contributed by atoms with Gasteiger partial charge in [-0.1, -0.05) is 19.3 Å². The van der Waals surface area contributed by atoms with Gasteiger partial charge in [0.25, 0.3) is 0 Å². The lowest BCUT2D eigenvalue weighted by molar-refractivity contribution is -0.0824. The van der Waals surface area contributed by atoms with Gasteiger partial charge >= 0.3 is 0 Å². The van der Waals surface area contributed by atoms with Gasteiger partial charge in [-0.3, -0.25) is 5.32 Å². The van der Waals surface area contributed by atoms with Gasteiger partial charge in [0.05, 0.1) is 6.10 Å². The first-order valence-electron chi connectivity index (χ1n) is 6.26. The van der Waals surface area contributed by atoms with E-state index in [-0.39, 0.29) is 0 Å². The van der Waals surface area contributed by atoms with E-state index in [9.17, 15) is 0 Å². The molecule has 0 bridgehead atoms. The molecule has 2 unspecified atom stereocenters. The molecule has 78 valence electrons. The first-order chi connectivity index (χ1) is 6.87. The molecule has 0 amide bonds. The zero-order valence-corrected chi connectivity index (χ0v) is 8.67. The van der Waals surface area contributed by atoms with Crippen LogP contribution in [0.1, 0.15) is 38.5 Å². The van der Waals surface area contributed by atoms with Crippen molar-refractivity contribution in [3.63, 3.8) is 0 Å². The molecule has 2 aliphatic carbocycles. The highest BCUT2D eigenvalue weighted by Crippen LogP contribution is 2.62. The first-order valence-corrected chi connectivity index (χ1v) is 6.26. The Morgan fingerprint density at radius 1 is 1.14 bits per heavy atom. The number of hydrogen-bond donors (Lipinski definition) is 1. The van der Waals surface area contributed by atoms with E-state index in [1.807, 2.05) is 0 Å². The predicted molar refractivity (Wildman–Crippen MR) is 53.8 cm³/mol. The maximum absolute atomic E-state index is 5.58. The third kappa shape index (κ3) is 0.938. The summed E-state index contributed by atoms with van der Waals surface area (Å²) in [6.45, 7) is 1.25. The van der Waals surface area contributed by atoms with E-state index < -0.39 is 0 Å². The Bertz CT molecular complexity index is 267. The second-order valence-electron chi connectivity index (χ2n) is 5.90. The first kappa shape index (κ1) is 8.12. The summed E-state index contributed by atoms with van der Waals surface area (Å²) in [7, 11) is 0. The van der Waals surface area contributed by atoms with E-state index in [1.54, 1.807) is 0 Å². The number of nitrogens with one attached hydrogen (secondary N) is 1. The van der Waals surface area contributed by atoms with Crippen LogP contribution in [-0.4, -0.2) is 18.9 Å². The summed E-state index contributed by atoms with van der Waals surface area (Å²) >= 11 is 0. The summed E-state index contributed by atoms with van der Waals surface area (Å²) in [5, 5.41) is 3.56. The van der Waals surface area contributed by atoms with E-state index >= 15 is 0 Å². The number of hydrogen-bond acceptors (Lipinski definition) is 2. The van der Waals surface area contributed by atoms with Gasteiger partial charge in [0, 0.05) is 6.54 Å². The molecule has 0 aromatic rings. The summed E-state index contributed by atoms with van der Waals surface area (Å²) in [6.07, 6.45) is 9.90. The normalized spacial score (nSPS) is 60.0. The highest BCUT2D eigenvalue weighted by molar-refractivity contribution is 5.10. The molecule has 14 heavy (non-hydrogen) atoms. The van der Waals surface area contributed by atoms with Crippen LogP contribution in [0, 0.1) is 17.3 Å². The van der Waals surface area contributed by atoms with Crippen LogP contribution in [0.15, 0.2) is 0 Å². The van der Waals surface area contributed by atoms with Crippen molar-refractivity contribution in [2.75, 3.05) is 6.54 Å². The van der Waals surface area contributed by atoms with Crippen LogP contribution in [0.25, 0.3) is 0 Å². The maximum Gasteiger partial charge on any atom is 0.135 e. The molecule has 4 aliphatic rings. The number of piperidine rings is 1. The van der Waals surface area contributed by atoms with Gasteiger partial charge < -0.3 is 4.74 Å². The van der Waals surface area contributed by atoms with Gasteiger partial charge in [-0.25, -0.2) is 0 Å². The molecule has 2 saturated heterocycles. The highest BCUT2D eigenvalue weighted by Gasteiger charge is 2.60. The van der Waals surface area contributed by atoms with Crippen LogP contribution in [0.2, 0.25) is 0 Å². The van der Waals surface area contributed by atoms with Crippen LogP contribution in [-0.2, 0) is 4.74 Å². The Hall–Kier alpha value is -0.0800. The average Bonchev–Trinajstić information content (AvgIpc) is 2.94. The summed E-state index contributed by atoms with van der Waals surface area (Å²) in [5.41, 5.74) is 0.669. The van der Waals surface area contributed by atoms with Crippen LogP contribution in [0.5, 0.6) is 0 Å². The SMILES string of the molecule is C1CC[C@H]2[C@@H](C1)C[C@]21CNC2OC2C1. The van der Waals surface area contributed by atoms with Crippen molar-refractivity contribution in [3.8, 4) is 0 Å². The number of fused-ring (bicyclic) bond motifs is 3. The molecule has 2 aliphatic heterocycles. The Morgan fingerprint density at radius 3 is 2.93 bits per heavy atom. The van der Waals surface area contributed by atoms with Crippen molar-refractivity contribution in [2.24, 2.45) is 17.3 Å². The second-order valence-corrected chi connectivity index (χ2v) is 5.90. The van der Waals surface area contributed by atoms with Gasteiger partial charge in [0.1, 0.15) is 6.23 Å². The molecular weight excluding hydrogens is 174 g/mol. The second kappa shape index (κ2) is 2.53. The highest BCUT2D eigenvalue weighted by atomic mass is 16.6. The van der Waals surface area contributed by atoms with Crippen molar-refractivity contribution in [2.45, 2.75) is 50.9 Å². The molecule has 2 heterocycles. The lowest BCUT2D eigenvalue weighted by Crippen LogP contribution is -2.57. The Morgan fingerprint density at radius 2 is 2.07 bits per heavy atom. The average molecular weight is 193 g/mol. The Balaban J connectivity index is 1.54. The van der Waals surface area contributed by atoms with Crippen molar-refractivity contribution in [1.82, 2.24) is 5.32 Å². The van der Waals surface area contributed by atoms with Crippen molar-refractivity contribution < 1.29 is 4.74 Å². The number of rotatable bonds is 0. The van der Waals surface area contributed by atoms with E-state index in [1.165, 1.54) is 45.1 Å². The van der Waals surface area contributed by atoms with E-state index in [2.05, 4.69) is 5.32 Å². The lowest BCUT2D eigenvalue weighted by Gasteiger charge is -2.59. The molecule has 0 aromatic heterocycles. The smallest absolute Gasteiger partial charge is 0.135 e. The van der Waals surface area contributed by atoms with Crippen LogP contribution < -0.4 is 5.32 Å². The van der Waals surface area contributed by atoms with Gasteiger partial charge in [-0.05, 0) is 36.5 Å². The van der Waals surface area contributed by atoms with E-state index in [4.69, 9.17) is 4.74 Å². The molecule has 2 saturated carbocycles. The third-order valence-corrected chi connectivity index (χ3v) is 5.21. The van der Waals surface area contributed by atoms with Gasteiger partial charge in [0.2, 0.25) is 0 Å². The Labute approximate surface area is 85.4 Å². The molecule has 1 spiro atoms. The van der Waals surface area contributed by atoms with Gasteiger partial charge in [0.15, 0.2) is 0 Å². The van der Waals surface area contributed by atoms with Gasteiger partial charge in [-0.2, -0.15) is 0 Å². The maximum atomic E-state index is 5.58. The molecule has 4 fully saturated rings. The quantitative estimate of drug-likeness (QED) is 0.594. The van der Waals surface area contributed by atoms with E-state index in [0.717, 1.165) is 11.8 Å². The fourth-order valence-electron chi connectivity index (χ4n) is 4.46. The summed E-state index contributed by atoms with van der Waals surface area (Å²) in [6, 6.07) is 0. The van der Waals surface area contributed by atoms with Crippen LogP contribution >= 0.6 is 0 Å². The molecule has 0 aromatic carbocycles. The molecule has 4 rings (SSSR count). The molecule has 5 atom stereocenters. The van der Waals surface area contributed by atoms with Crippen LogP contribution in [0.4, 0.5) is 0 Å². The van der Waals surface area contributed by atoms with Crippen LogP contribution in [0.3, 0.4) is 0 Å². The lowest BCUT2D eigenvalue weighted by atomic mass is 9.47. The minimum atomic E-state index is 0.447. The zero-order chi connectivity index (χ0) is 9.17. The molecule has 2 nitrogen and oxygen atoms in total. The summed E-state index contributed by atoms with van der Waals surface area (Å²) in [4.78, 5) is 0. The number of epoxide rings is 1. The largest absolute Gasteiger partial charge is 0.353 e. The minimum Gasteiger partial charge on any atom is -0.353 e. The fraction of sp³-hybridized carbons (Fsp3) is 1.00. The standard InChI is InChI=1S/C12H19NO/c1-2-4-9-8(3-1)5-12(9)6-10-11(14-10)13-7-12/h8-11,13H,1-7H2/t8-,9-,10?,11?,12-/m0/s1. The third-order valence-electron chi connectivity index (χ3n) is 5.21. The monoisotopic (exact) mass is 193 g/mol. The van der Waals surface area contributed by atoms with Crippen molar-refractivity contribution in [1.29, 1.82) is 0 Å². The molecular formula is C12H19NO. The predicted octanol–water partition coefficient (Wildman–Crippen LogP) is 1.90. The topological polar surface area (TPSA) is 24.6 Å². The number of ether oxygens (including phenoxy) is 1. The fourth-order valence-corrected chi connectivity index (χ4v) is 4.46. The van der Waals surface area contributed by atoms with Crippen molar-refractivity contribution >= 4 is 0 Å². The molecule has 1 N–H and O–H groups in total. The summed E-state index contributed by atoms with van der Waals surface area (Å²) in [5.74, 6) is 2.13. The van der Waals surface area contributed by atoms with Gasteiger partial charge in [-0.15, -0.1) is 0 Å². The molecule has 0 radical (unpaired) electrons. The minimum absolute atomic E-state index is 0.447. The van der Waals surface area contributed by atoms with Crippen molar-refractivity contribution in [3.05, 3.63) is 0 Å². The molecule has 2 heteroatoms. The summed E-state index contributed by atoms with van der Waals surface area (Å²) < 4.78 is 5.58.